The number of pyridine rings is 1. The summed E-state index contributed by atoms with van der Waals surface area (Å²) < 4.78 is 7.25. The summed E-state index contributed by atoms with van der Waals surface area (Å²) >= 11 is 0. The lowest BCUT2D eigenvalue weighted by Crippen LogP contribution is -2.14. The van der Waals surface area contributed by atoms with Crippen LogP contribution in [0.4, 0.5) is 0 Å². The van der Waals surface area contributed by atoms with Crippen molar-refractivity contribution in [3.05, 3.63) is 254 Å². The van der Waals surface area contributed by atoms with Gasteiger partial charge >= 0.3 is 0 Å². The van der Waals surface area contributed by atoms with Crippen molar-refractivity contribution in [2.75, 3.05) is 0 Å². The molecule has 0 saturated carbocycles. The quantitative estimate of drug-likeness (QED) is 0.163. The third kappa shape index (κ3) is 5.96. The Bertz CT molecular complexity index is 4250. The molecule has 0 bridgehead atoms. The first-order valence-corrected chi connectivity index (χ1v) is 24.9. The Hall–Kier alpha value is -9.25. The average Bonchev–Trinajstić information content (AvgIpc) is 4.14. The molecule has 4 heteroatoms. The summed E-state index contributed by atoms with van der Waals surface area (Å²) in [6, 6.07) is 89.1. The van der Waals surface area contributed by atoms with Gasteiger partial charge in [0, 0.05) is 65.9 Å². The van der Waals surface area contributed by atoms with Gasteiger partial charge < -0.3 is 13.7 Å². The largest absolute Gasteiger partial charge is 0.309 e. The Balaban J connectivity index is 0.979. The lowest BCUT2D eigenvalue weighted by Gasteiger charge is -2.22. The number of nitrogens with zero attached hydrogens (tertiary/aromatic N) is 4. The maximum absolute atomic E-state index is 5.69. The average molecular weight is 919 g/mol. The molecular weight excluding hydrogens is 873 g/mol. The SMILES string of the molecule is CC1(C)c2ccccc2-c2ccc(-c3cc(-c4ccc(-n5c6ccccc6c6ccccc65)cc4)nc(-c4cc(-n5c6ccccc6c6ccccc65)cc(-n5c6ccccc6c6ccccc65)c4)c3)cc21. The molecule has 4 aromatic heterocycles. The lowest BCUT2D eigenvalue weighted by molar-refractivity contribution is 0.660. The Morgan fingerprint density at radius 2 is 0.653 bits per heavy atom. The van der Waals surface area contributed by atoms with E-state index in [-0.39, 0.29) is 5.41 Å². The maximum Gasteiger partial charge on any atom is 0.0717 e. The zero-order valence-electron chi connectivity index (χ0n) is 39.9. The van der Waals surface area contributed by atoms with Crippen LogP contribution in [-0.2, 0) is 5.41 Å². The van der Waals surface area contributed by atoms with Crippen LogP contribution >= 0.6 is 0 Å². The molecule has 72 heavy (non-hydrogen) atoms. The molecule has 1 aliphatic rings. The normalized spacial score (nSPS) is 13.0. The fraction of sp³-hybridized carbons (Fsp3) is 0.0441. The molecule has 0 amide bonds. The molecule has 4 heterocycles. The third-order valence-electron chi connectivity index (χ3n) is 15.6. The highest BCUT2D eigenvalue weighted by Gasteiger charge is 2.35. The standard InChI is InChI=1S/C68H46N4/c1-68(2)58-24-10-3-17-50(58)51-36-33-44(39-59(51)68)45-40-60(43-31-34-47(35-32-43)70-62-25-11-4-18-52(62)53-19-5-12-26-63(53)70)69-61(41-45)46-37-48(71-64-27-13-6-20-54(64)55-21-7-14-28-65(55)71)42-49(38-46)72-66-29-15-8-22-56(66)57-23-9-16-30-67(57)72/h3-42H,1-2H3. The van der Waals surface area contributed by atoms with Crippen LogP contribution < -0.4 is 0 Å². The van der Waals surface area contributed by atoms with Gasteiger partial charge in [0.05, 0.1) is 44.5 Å². The second kappa shape index (κ2) is 15.4. The van der Waals surface area contributed by atoms with Gasteiger partial charge in [-0.15, -0.1) is 0 Å². The number of hydrogen-bond donors (Lipinski definition) is 0. The van der Waals surface area contributed by atoms with Gasteiger partial charge in [-0.3, -0.25) is 0 Å². The molecule has 14 aromatic rings. The minimum absolute atomic E-state index is 0.142. The number of hydrogen-bond acceptors (Lipinski definition) is 1. The van der Waals surface area contributed by atoms with E-state index in [9.17, 15) is 0 Å². The molecule has 0 saturated heterocycles. The van der Waals surface area contributed by atoms with Gasteiger partial charge in [-0.2, -0.15) is 0 Å². The van der Waals surface area contributed by atoms with Crippen molar-refractivity contribution in [1.82, 2.24) is 18.7 Å². The van der Waals surface area contributed by atoms with Gasteiger partial charge in [-0.05, 0) is 118 Å². The number of benzene rings is 10. The van der Waals surface area contributed by atoms with Crippen LogP contribution in [-0.4, -0.2) is 18.7 Å². The molecule has 338 valence electrons. The summed E-state index contributed by atoms with van der Waals surface area (Å²) in [5.74, 6) is 0. The molecule has 0 atom stereocenters. The van der Waals surface area contributed by atoms with E-state index in [4.69, 9.17) is 4.98 Å². The number of rotatable bonds is 6. The molecule has 15 rings (SSSR count). The van der Waals surface area contributed by atoms with Gasteiger partial charge in [-0.25, -0.2) is 4.98 Å². The van der Waals surface area contributed by atoms with Gasteiger partial charge in [0.2, 0.25) is 0 Å². The minimum Gasteiger partial charge on any atom is -0.309 e. The molecular formula is C68H46N4. The molecule has 0 fully saturated rings. The van der Waals surface area contributed by atoms with E-state index in [0.29, 0.717) is 0 Å². The topological polar surface area (TPSA) is 27.7 Å². The Kier molecular flexibility index (Phi) is 8.67. The predicted octanol–water partition coefficient (Wildman–Crippen LogP) is 17.7. The van der Waals surface area contributed by atoms with Crippen molar-refractivity contribution in [3.63, 3.8) is 0 Å². The number of para-hydroxylation sites is 6. The predicted molar refractivity (Wildman–Crippen MR) is 301 cm³/mol. The fourth-order valence-electron chi connectivity index (χ4n) is 12.3. The van der Waals surface area contributed by atoms with Crippen molar-refractivity contribution in [2.24, 2.45) is 0 Å². The molecule has 0 unspecified atom stereocenters. The van der Waals surface area contributed by atoms with Crippen molar-refractivity contribution in [3.8, 4) is 61.8 Å². The highest BCUT2D eigenvalue weighted by atomic mass is 15.0. The molecule has 10 aromatic carbocycles. The lowest BCUT2D eigenvalue weighted by atomic mass is 9.81. The summed E-state index contributed by atoms with van der Waals surface area (Å²) in [5, 5.41) is 7.41. The highest BCUT2D eigenvalue weighted by molar-refractivity contribution is 6.11. The van der Waals surface area contributed by atoms with Crippen LogP contribution in [0.2, 0.25) is 0 Å². The summed E-state index contributed by atoms with van der Waals surface area (Å²) in [6.45, 7) is 4.72. The van der Waals surface area contributed by atoms with Crippen LogP contribution in [0.15, 0.2) is 243 Å². The first-order chi connectivity index (χ1) is 35.5. The number of fused-ring (bicyclic) bond motifs is 12. The van der Waals surface area contributed by atoms with Crippen molar-refractivity contribution < 1.29 is 0 Å². The molecule has 0 aliphatic heterocycles. The maximum atomic E-state index is 5.69. The van der Waals surface area contributed by atoms with Crippen LogP contribution in [0.25, 0.3) is 127 Å². The molecule has 4 nitrogen and oxygen atoms in total. The van der Waals surface area contributed by atoms with E-state index in [1.807, 2.05) is 0 Å². The van der Waals surface area contributed by atoms with Crippen LogP contribution in [0.1, 0.15) is 25.0 Å². The molecule has 1 aliphatic carbocycles. The van der Waals surface area contributed by atoms with Crippen LogP contribution in [0.5, 0.6) is 0 Å². The zero-order chi connectivity index (χ0) is 47.7. The van der Waals surface area contributed by atoms with E-state index in [2.05, 4.69) is 270 Å². The first kappa shape index (κ1) is 40.6. The summed E-state index contributed by atoms with van der Waals surface area (Å²) in [4.78, 5) is 5.69. The zero-order valence-corrected chi connectivity index (χ0v) is 39.9. The van der Waals surface area contributed by atoms with Crippen LogP contribution in [0.3, 0.4) is 0 Å². The van der Waals surface area contributed by atoms with Gasteiger partial charge in [-0.1, -0.05) is 172 Å². The molecule has 0 spiro atoms. The second-order valence-corrected chi connectivity index (χ2v) is 20.0. The van der Waals surface area contributed by atoms with E-state index < -0.39 is 0 Å². The van der Waals surface area contributed by atoms with Gasteiger partial charge in [0.25, 0.3) is 0 Å². The van der Waals surface area contributed by atoms with Crippen molar-refractivity contribution in [2.45, 2.75) is 19.3 Å². The summed E-state index contributed by atoms with van der Waals surface area (Å²) in [7, 11) is 0. The highest BCUT2D eigenvalue weighted by Crippen LogP contribution is 2.50. The Morgan fingerprint density at radius 3 is 1.12 bits per heavy atom. The van der Waals surface area contributed by atoms with E-state index >= 15 is 0 Å². The third-order valence-corrected chi connectivity index (χ3v) is 15.6. The Morgan fingerprint density at radius 1 is 0.278 bits per heavy atom. The van der Waals surface area contributed by atoms with E-state index in [0.717, 1.165) is 67.2 Å². The summed E-state index contributed by atoms with van der Waals surface area (Å²) in [6.07, 6.45) is 0. The van der Waals surface area contributed by atoms with Crippen molar-refractivity contribution in [1.29, 1.82) is 0 Å². The number of aromatic nitrogens is 4. The first-order valence-electron chi connectivity index (χ1n) is 24.9. The van der Waals surface area contributed by atoms with Gasteiger partial charge in [0.1, 0.15) is 0 Å². The second-order valence-electron chi connectivity index (χ2n) is 20.0. The molecule has 0 N–H and O–H groups in total. The molecule has 0 radical (unpaired) electrons. The van der Waals surface area contributed by atoms with E-state index in [1.165, 1.54) is 71.2 Å². The monoisotopic (exact) mass is 918 g/mol. The van der Waals surface area contributed by atoms with Gasteiger partial charge in [0.15, 0.2) is 0 Å². The smallest absolute Gasteiger partial charge is 0.0717 e. The summed E-state index contributed by atoms with van der Waals surface area (Å²) in [5.41, 5.74) is 21.7. The van der Waals surface area contributed by atoms with Crippen molar-refractivity contribution >= 4 is 65.4 Å². The van der Waals surface area contributed by atoms with E-state index in [1.54, 1.807) is 0 Å². The fourth-order valence-corrected chi connectivity index (χ4v) is 12.3. The minimum atomic E-state index is -0.142. The van der Waals surface area contributed by atoms with Crippen LogP contribution in [0, 0.1) is 0 Å². The Labute approximate surface area is 416 Å².